The van der Waals surface area contributed by atoms with Crippen molar-refractivity contribution in [3.63, 3.8) is 0 Å². The Morgan fingerprint density at radius 2 is 2.00 bits per heavy atom. The van der Waals surface area contributed by atoms with Crippen molar-refractivity contribution < 1.29 is 14.3 Å². The summed E-state index contributed by atoms with van der Waals surface area (Å²) >= 11 is 0. The zero-order valence-electron chi connectivity index (χ0n) is 22.5. The third kappa shape index (κ3) is 5.75. The van der Waals surface area contributed by atoms with Crippen molar-refractivity contribution in [3.8, 4) is 17.1 Å². The number of nitrogens with one attached hydrogen (secondary N) is 3. The quantitative estimate of drug-likeness (QED) is 0.288. The first-order valence-corrected chi connectivity index (χ1v) is 14.0. The fraction of sp³-hybridized carbons (Fsp3) is 0.533. The van der Waals surface area contributed by atoms with E-state index in [-0.39, 0.29) is 23.3 Å². The van der Waals surface area contributed by atoms with Crippen LogP contribution in [0.5, 0.6) is 5.88 Å². The van der Waals surface area contributed by atoms with Crippen LogP contribution in [0.1, 0.15) is 76.6 Å². The van der Waals surface area contributed by atoms with Gasteiger partial charge in [0.2, 0.25) is 11.8 Å². The van der Waals surface area contributed by atoms with Gasteiger partial charge in [-0.15, -0.1) is 0 Å². The predicted octanol–water partition coefficient (Wildman–Crippen LogP) is 5.11. The highest BCUT2D eigenvalue weighted by atomic mass is 16.5. The Kier molecular flexibility index (Phi) is 8.07. The molecule has 1 spiro atoms. The van der Waals surface area contributed by atoms with Gasteiger partial charge in [-0.1, -0.05) is 38.0 Å². The second-order valence-corrected chi connectivity index (χ2v) is 10.8. The summed E-state index contributed by atoms with van der Waals surface area (Å²) < 4.78 is 5.60. The molecular weight excluding hydrogens is 478 g/mol. The summed E-state index contributed by atoms with van der Waals surface area (Å²) in [5.41, 5.74) is 2.70. The molecule has 2 aromatic heterocycles. The van der Waals surface area contributed by atoms with E-state index in [1.165, 1.54) is 0 Å². The smallest absolute Gasteiger partial charge is 0.224 e. The average molecular weight is 518 g/mol. The largest absolute Gasteiger partial charge is 0.480 e. The van der Waals surface area contributed by atoms with E-state index >= 15 is 0 Å². The molecule has 8 nitrogen and oxygen atoms in total. The number of H-pyrrole nitrogens is 1. The van der Waals surface area contributed by atoms with E-state index in [0.717, 1.165) is 86.0 Å². The first-order chi connectivity index (χ1) is 18.5. The molecular formula is C30H39N5O3. The number of carbonyl (C=O) groups is 2. The summed E-state index contributed by atoms with van der Waals surface area (Å²) in [5, 5.41) is 7.77. The van der Waals surface area contributed by atoms with Gasteiger partial charge < -0.3 is 20.4 Å². The topological polar surface area (TPSA) is 109 Å². The highest BCUT2D eigenvalue weighted by Gasteiger charge is 2.57. The van der Waals surface area contributed by atoms with Crippen molar-refractivity contribution in [1.29, 1.82) is 0 Å². The number of para-hydroxylation sites is 1. The Hall–Kier alpha value is -3.26. The molecule has 0 bridgehead atoms. The number of carbonyl (C=O) groups excluding carboxylic acids is 2. The number of aromatic amines is 1. The van der Waals surface area contributed by atoms with Crippen LogP contribution in [0.15, 0.2) is 36.5 Å². The molecule has 5 rings (SSSR count). The van der Waals surface area contributed by atoms with Crippen molar-refractivity contribution in [2.75, 3.05) is 20.2 Å². The van der Waals surface area contributed by atoms with Crippen LogP contribution in [0.2, 0.25) is 0 Å². The summed E-state index contributed by atoms with van der Waals surface area (Å²) in [6.45, 7) is 3.90. The SMILES string of the molecule is CCC(=O)CCCCCC(NC(=O)C1CC12CCNCC2)c1ncc(-c2cc3ccccc3nc2OC)[nH]1. The molecule has 2 fully saturated rings. The fourth-order valence-corrected chi connectivity index (χ4v) is 5.87. The van der Waals surface area contributed by atoms with Gasteiger partial charge in [-0.3, -0.25) is 9.59 Å². The maximum atomic E-state index is 13.4. The zero-order chi connectivity index (χ0) is 26.5. The third-order valence-electron chi connectivity index (χ3n) is 8.36. The third-order valence-corrected chi connectivity index (χ3v) is 8.36. The maximum absolute atomic E-state index is 13.4. The second-order valence-electron chi connectivity index (χ2n) is 10.8. The van der Waals surface area contributed by atoms with Crippen LogP contribution < -0.4 is 15.4 Å². The first-order valence-electron chi connectivity index (χ1n) is 14.0. The molecule has 2 atom stereocenters. The van der Waals surface area contributed by atoms with Crippen molar-refractivity contribution in [1.82, 2.24) is 25.6 Å². The molecule has 38 heavy (non-hydrogen) atoms. The van der Waals surface area contributed by atoms with Crippen molar-refractivity contribution >= 4 is 22.6 Å². The lowest BCUT2D eigenvalue weighted by molar-refractivity contribution is -0.124. The molecule has 8 heteroatoms. The van der Waals surface area contributed by atoms with Crippen molar-refractivity contribution in [2.45, 2.75) is 70.8 Å². The number of ketones is 1. The second kappa shape index (κ2) is 11.6. The lowest BCUT2D eigenvalue weighted by Crippen LogP contribution is -2.35. The van der Waals surface area contributed by atoms with E-state index in [1.54, 1.807) is 13.3 Å². The monoisotopic (exact) mass is 517 g/mol. The first kappa shape index (κ1) is 26.4. The number of hydrogen-bond acceptors (Lipinski definition) is 6. The number of imidazole rings is 1. The normalized spacial score (nSPS) is 18.8. The van der Waals surface area contributed by atoms with Gasteiger partial charge in [0, 0.05) is 24.1 Å². The predicted molar refractivity (Wildman–Crippen MR) is 148 cm³/mol. The van der Waals surface area contributed by atoms with Gasteiger partial charge in [0.25, 0.3) is 0 Å². The number of Topliss-reactive ketones (excluding diaryl/α,β-unsaturated/α-hetero) is 1. The van der Waals surface area contributed by atoms with E-state index in [1.807, 2.05) is 31.2 Å². The number of piperidine rings is 1. The van der Waals surface area contributed by atoms with Gasteiger partial charge in [-0.05, 0) is 62.7 Å². The summed E-state index contributed by atoms with van der Waals surface area (Å²) in [6, 6.07) is 9.79. The molecule has 1 amide bonds. The molecule has 3 aromatic rings. The maximum Gasteiger partial charge on any atom is 0.224 e. The number of rotatable bonds is 12. The van der Waals surface area contributed by atoms with Crippen LogP contribution in [-0.4, -0.2) is 46.8 Å². The highest BCUT2D eigenvalue weighted by Crippen LogP contribution is 2.58. The van der Waals surface area contributed by atoms with Gasteiger partial charge >= 0.3 is 0 Å². The van der Waals surface area contributed by atoms with Crippen LogP contribution in [0.3, 0.4) is 0 Å². The number of hydrogen-bond donors (Lipinski definition) is 3. The molecule has 0 radical (unpaired) electrons. The number of methoxy groups -OCH3 is 1. The van der Waals surface area contributed by atoms with E-state index in [2.05, 4.69) is 26.7 Å². The van der Waals surface area contributed by atoms with Crippen LogP contribution in [0.4, 0.5) is 0 Å². The molecule has 1 saturated heterocycles. The minimum absolute atomic E-state index is 0.0912. The number of fused-ring (bicyclic) bond motifs is 1. The fourth-order valence-electron chi connectivity index (χ4n) is 5.87. The Balaban J connectivity index is 1.33. The van der Waals surface area contributed by atoms with Gasteiger partial charge in [0.15, 0.2) is 0 Å². The lowest BCUT2D eigenvalue weighted by Gasteiger charge is -2.24. The molecule has 3 heterocycles. The van der Waals surface area contributed by atoms with Crippen LogP contribution in [0, 0.1) is 11.3 Å². The summed E-state index contributed by atoms with van der Waals surface area (Å²) in [5.74, 6) is 1.82. The number of benzene rings is 1. The molecule has 3 N–H and O–H groups in total. The average Bonchev–Trinajstić information content (AvgIpc) is 3.40. The van der Waals surface area contributed by atoms with Gasteiger partial charge in [-0.25, -0.2) is 9.97 Å². The van der Waals surface area contributed by atoms with Crippen LogP contribution >= 0.6 is 0 Å². The van der Waals surface area contributed by atoms with E-state index in [4.69, 9.17) is 9.72 Å². The van der Waals surface area contributed by atoms with Crippen molar-refractivity contribution in [3.05, 3.63) is 42.4 Å². The zero-order valence-corrected chi connectivity index (χ0v) is 22.5. The number of amides is 1. The van der Waals surface area contributed by atoms with Crippen LogP contribution in [0.25, 0.3) is 22.2 Å². The number of ether oxygens (including phenoxy) is 1. The van der Waals surface area contributed by atoms with Crippen LogP contribution in [-0.2, 0) is 9.59 Å². The number of aromatic nitrogens is 3. The Morgan fingerprint density at radius 3 is 2.79 bits per heavy atom. The Labute approximate surface area is 224 Å². The Bertz CT molecular complexity index is 1280. The molecule has 1 aliphatic carbocycles. The lowest BCUT2D eigenvalue weighted by atomic mass is 9.91. The Morgan fingerprint density at radius 1 is 1.18 bits per heavy atom. The number of pyridine rings is 1. The molecule has 2 aliphatic rings. The van der Waals surface area contributed by atoms with Gasteiger partial charge in [0.1, 0.15) is 11.6 Å². The van der Waals surface area contributed by atoms with E-state index in [9.17, 15) is 9.59 Å². The summed E-state index contributed by atoms with van der Waals surface area (Å²) in [6.07, 6.45) is 9.67. The minimum atomic E-state index is -0.211. The number of nitrogens with zero attached hydrogens (tertiary/aromatic N) is 2. The highest BCUT2D eigenvalue weighted by molar-refractivity contribution is 5.85. The summed E-state index contributed by atoms with van der Waals surface area (Å²) in [7, 11) is 1.62. The molecule has 202 valence electrons. The molecule has 1 aliphatic heterocycles. The van der Waals surface area contributed by atoms with E-state index < -0.39 is 0 Å². The number of unbranched alkanes of at least 4 members (excludes halogenated alkanes) is 2. The van der Waals surface area contributed by atoms with E-state index in [0.29, 0.717) is 24.5 Å². The van der Waals surface area contributed by atoms with Gasteiger partial charge in [-0.2, -0.15) is 0 Å². The standard InChI is InChI=1S/C30H39N5O3/c1-3-21(36)10-5-4-6-12-25(34-28(37)23-18-30(23)13-15-31-16-14-30)27-32-19-26(33-27)22-17-20-9-7-8-11-24(20)35-29(22)38-2/h7-9,11,17,19,23,25,31H,3-6,10,12-16,18H2,1-2H3,(H,32,33)(H,34,37). The molecule has 1 saturated carbocycles. The summed E-state index contributed by atoms with van der Waals surface area (Å²) in [4.78, 5) is 37.9. The molecule has 1 aromatic carbocycles. The van der Waals surface area contributed by atoms with Gasteiger partial charge in [0.05, 0.1) is 36.1 Å². The van der Waals surface area contributed by atoms with Crippen molar-refractivity contribution in [2.24, 2.45) is 11.3 Å². The molecule has 2 unspecified atom stereocenters. The minimum Gasteiger partial charge on any atom is -0.480 e.